The fourth-order valence-electron chi connectivity index (χ4n) is 9.83. The molecule has 0 spiro atoms. The van der Waals surface area contributed by atoms with Crippen molar-refractivity contribution in [2.75, 3.05) is 0 Å². The monoisotopic (exact) mass is 838 g/mol. The van der Waals surface area contributed by atoms with Crippen molar-refractivity contribution in [1.29, 1.82) is 10.5 Å². The smallest absolute Gasteiger partial charge is 0.0998 e. The van der Waals surface area contributed by atoms with E-state index in [9.17, 15) is 10.5 Å². The third kappa shape index (κ3) is 6.45. The fraction of sp³-hybridized carbons (Fsp3) is 0. The molecule has 0 bridgehead atoms. The molecule has 306 valence electrons. The number of benzene rings is 10. The van der Waals surface area contributed by atoms with Crippen LogP contribution in [0.2, 0.25) is 0 Å². The summed E-state index contributed by atoms with van der Waals surface area (Å²) < 4.78 is 4.66. The molecule has 0 aliphatic heterocycles. The van der Waals surface area contributed by atoms with Crippen LogP contribution in [0.4, 0.5) is 0 Å². The maximum absolute atomic E-state index is 10.4. The lowest BCUT2D eigenvalue weighted by Gasteiger charge is -2.12. The molecule has 10 aromatic carbocycles. The minimum atomic E-state index is 0.522. The van der Waals surface area contributed by atoms with Gasteiger partial charge in [-0.25, -0.2) is 0 Å². The van der Waals surface area contributed by atoms with Gasteiger partial charge < -0.3 is 9.13 Å². The van der Waals surface area contributed by atoms with Crippen molar-refractivity contribution < 1.29 is 0 Å². The molecule has 0 radical (unpaired) electrons. The van der Waals surface area contributed by atoms with Crippen LogP contribution in [0.25, 0.3) is 111 Å². The zero-order valence-corrected chi connectivity index (χ0v) is 35.7. The van der Waals surface area contributed by atoms with E-state index in [1.807, 2.05) is 48.5 Å². The molecule has 12 aromatic rings. The molecule has 0 aliphatic rings. The number of nitrogens with zero attached hydrogens (tertiary/aromatic N) is 4. The molecule has 4 nitrogen and oxygen atoms in total. The Morgan fingerprint density at radius 1 is 0.258 bits per heavy atom. The van der Waals surface area contributed by atoms with Crippen molar-refractivity contribution in [3.8, 4) is 79.1 Å². The van der Waals surface area contributed by atoms with Gasteiger partial charge in [-0.05, 0) is 117 Å². The first kappa shape index (κ1) is 38.5. The number of para-hydroxylation sites is 4. The summed E-state index contributed by atoms with van der Waals surface area (Å²) in [6, 6.07) is 85.4. The SMILES string of the molecule is N#Cc1cc(-c2ccc(-c3ccc4c(c3)c3ccccc3n4-c3ccccc3)cc2)ccc1-c1ccc(-c2ccc(-c3ccc4c(c3)c3ccccc3n4-c3ccccc3)cc2)cc1C#N. The molecule has 0 atom stereocenters. The second-order valence-corrected chi connectivity index (χ2v) is 16.7. The van der Waals surface area contributed by atoms with E-state index in [1.165, 1.54) is 43.6 Å². The van der Waals surface area contributed by atoms with Crippen molar-refractivity contribution in [2.24, 2.45) is 0 Å². The number of nitriles is 2. The zero-order chi connectivity index (χ0) is 44.1. The molecule has 0 N–H and O–H groups in total. The van der Waals surface area contributed by atoms with Gasteiger partial charge in [0.15, 0.2) is 0 Å². The number of hydrogen-bond acceptors (Lipinski definition) is 2. The van der Waals surface area contributed by atoms with Gasteiger partial charge in [0, 0.05) is 44.0 Å². The average molecular weight is 839 g/mol. The van der Waals surface area contributed by atoms with E-state index in [4.69, 9.17) is 0 Å². The Hall–Kier alpha value is -9.22. The molecule has 0 saturated carbocycles. The predicted molar refractivity (Wildman–Crippen MR) is 272 cm³/mol. The van der Waals surface area contributed by atoms with Crippen molar-refractivity contribution >= 4 is 43.6 Å². The van der Waals surface area contributed by atoms with Crippen LogP contribution in [-0.4, -0.2) is 9.13 Å². The maximum Gasteiger partial charge on any atom is 0.0998 e. The Labute approximate surface area is 382 Å². The van der Waals surface area contributed by atoms with Crippen LogP contribution in [0.5, 0.6) is 0 Å². The van der Waals surface area contributed by atoms with Gasteiger partial charge in [-0.1, -0.05) is 158 Å². The van der Waals surface area contributed by atoms with Crippen molar-refractivity contribution in [1.82, 2.24) is 9.13 Å². The van der Waals surface area contributed by atoms with Crippen LogP contribution in [0.15, 0.2) is 231 Å². The van der Waals surface area contributed by atoms with E-state index >= 15 is 0 Å². The number of aromatic nitrogens is 2. The molecular weight excluding hydrogens is 801 g/mol. The first-order chi connectivity index (χ1) is 32.6. The molecular formula is C62H38N4. The van der Waals surface area contributed by atoms with Crippen LogP contribution in [0.3, 0.4) is 0 Å². The first-order valence-corrected chi connectivity index (χ1v) is 22.1. The summed E-state index contributed by atoms with van der Waals surface area (Å²) in [5.74, 6) is 0. The minimum absolute atomic E-state index is 0.522. The average Bonchev–Trinajstić information content (AvgIpc) is 3.91. The minimum Gasteiger partial charge on any atom is -0.309 e. The highest BCUT2D eigenvalue weighted by Crippen LogP contribution is 2.39. The normalized spacial score (nSPS) is 11.3. The zero-order valence-electron chi connectivity index (χ0n) is 35.7. The number of hydrogen-bond donors (Lipinski definition) is 0. The number of rotatable bonds is 7. The second-order valence-electron chi connectivity index (χ2n) is 16.7. The topological polar surface area (TPSA) is 57.4 Å². The largest absolute Gasteiger partial charge is 0.309 e. The van der Waals surface area contributed by atoms with Crippen molar-refractivity contribution in [3.63, 3.8) is 0 Å². The van der Waals surface area contributed by atoms with Crippen LogP contribution < -0.4 is 0 Å². The molecule has 2 aromatic heterocycles. The molecule has 66 heavy (non-hydrogen) atoms. The summed E-state index contributed by atoms with van der Waals surface area (Å²) >= 11 is 0. The van der Waals surface area contributed by atoms with Gasteiger partial charge in [0.2, 0.25) is 0 Å². The first-order valence-electron chi connectivity index (χ1n) is 22.1. The molecule has 12 rings (SSSR count). The van der Waals surface area contributed by atoms with Gasteiger partial charge >= 0.3 is 0 Å². The molecule has 2 heterocycles. The van der Waals surface area contributed by atoms with E-state index in [0.717, 1.165) is 67.0 Å². The van der Waals surface area contributed by atoms with Crippen molar-refractivity contribution in [3.05, 3.63) is 242 Å². The summed E-state index contributed by atoms with van der Waals surface area (Å²) in [6.45, 7) is 0. The van der Waals surface area contributed by atoms with E-state index in [0.29, 0.717) is 11.1 Å². The van der Waals surface area contributed by atoms with Gasteiger partial charge in [-0.15, -0.1) is 0 Å². The van der Waals surface area contributed by atoms with Gasteiger partial charge in [-0.2, -0.15) is 10.5 Å². The van der Waals surface area contributed by atoms with Gasteiger partial charge in [0.25, 0.3) is 0 Å². The van der Waals surface area contributed by atoms with Crippen LogP contribution in [0.1, 0.15) is 11.1 Å². The highest BCUT2D eigenvalue weighted by molar-refractivity contribution is 6.11. The fourth-order valence-corrected chi connectivity index (χ4v) is 9.83. The molecule has 4 heteroatoms. The van der Waals surface area contributed by atoms with E-state index in [-0.39, 0.29) is 0 Å². The lowest BCUT2D eigenvalue weighted by atomic mass is 9.90. The summed E-state index contributed by atoms with van der Waals surface area (Å²) in [4.78, 5) is 0. The Balaban J connectivity index is 0.810. The second kappa shape index (κ2) is 15.8. The molecule has 0 aliphatic carbocycles. The Morgan fingerprint density at radius 2 is 0.561 bits per heavy atom. The molecule has 0 fully saturated rings. The third-order valence-electron chi connectivity index (χ3n) is 13.0. The summed E-state index contributed by atoms with van der Waals surface area (Å²) in [5, 5.41) is 25.7. The van der Waals surface area contributed by atoms with Crippen LogP contribution in [0, 0.1) is 22.7 Å². The quantitative estimate of drug-likeness (QED) is 0.161. The Morgan fingerprint density at radius 3 is 0.939 bits per heavy atom. The molecule has 0 unspecified atom stereocenters. The van der Waals surface area contributed by atoms with Crippen molar-refractivity contribution in [2.45, 2.75) is 0 Å². The van der Waals surface area contributed by atoms with E-state index in [1.54, 1.807) is 0 Å². The third-order valence-corrected chi connectivity index (χ3v) is 13.0. The van der Waals surface area contributed by atoms with E-state index < -0.39 is 0 Å². The lowest BCUT2D eigenvalue weighted by molar-refractivity contribution is 1.18. The standard InChI is InChI=1S/C62H38N4/c63-39-49-35-45(41-19-23-43(24-20-41)47-29-33-61-57(37-47)55-15-7-9-17-59(55)65(61)51-11-3-1-4-12-51)27-31-53(49)54-32-28-46(36-50(54)40-64)42-21-25-44(26-22-42)48-30-34-62-58(38-48)56-16-8-10-18-60(56)66(62)52-13-5-2-6-14-52/h1-38H. The summed E-state index contributed by atoms with van der Waals surface area (Å²) in [5.41, 5.74) is 17.9. The number of fused-ring (bicyclic) bond motifs is 6. The van der Waals surface area contributed by atoms with Crippen LogP contribution in [-0.2, 0) is 0 Å². The lowest BCUT2D eigenvalue weighted by Crippen LogP contribution is -1.93. The molecule has 0 saturated heterocycles. The van der Waals surface area contributed by atoms with E-state index in [2.05, 4.69) is 203 Å². The Bertz CT molecular complexity index is 3660. The van der Waals surface area contributed by atoms with Gasteiger partial charge in [-0.3, -0.25) is 0 Å². The maximum atomic E-state index is 10.4. The van der Waals surface area contributed by atoms with Crippen LogP contribution >= 0.6 is 0 Å². The highest BCUT2D eigenvalue weighted by atomic mass is 15.0. The highest BCUT2D eigenvalue weighted by Gasteiger charge is 2.17. The predicted octanol–water partition coefficient (Wildman–Crippen LogP) is 16.0. The molecule has 0 amide bonds. The summed E-state index contributed by atoms with van der Waals surface area (Å²) in [7, 11) is 0. The summed E-state index contributed by atoms with van der Waals surface area (Å²) in [6.07, 6.45) is 0. The van der Waals surface area contributed by atoms with Gasteiger partial charge in [0.1, 0.15) is 0 Å². The van der Waals surface area contributed by atoms with Gasteiger partial charge in [0.05, 0.1) is 45.3 Å². The Kier molecular flexibility index (Phi) is 9.23.